The lowest BCUT2D eigenvalue weighted by molar-refractivity contribution is -0.125. The summed E-state index contributed by atoms with van der Waals surface area (Å²) < 4.78 is 27.3. The summed E-state index contributed by atoms with van der Waals surface area (Å²) in [7, 11) is -3.97. The molecule has 0 radical (unpaired) electrons. The van der Waals surface area contributed by atoms with E-state index in [4.69, 9.17) is 23.2 Å². The average Bonchev–Trinajstić information content (AvgIpc) is 2.96. The van der Waals surface area contributed by atoms with Crippen LogP contribution in [-0.4, -0.2) is 14.3 Å². The Morgan fingerprint density at radius 3 is 2.48 bits per heavy atom. The van der Waals surface area contributed by atoms with Gasteiger partial charge in [-0.05, 0) is 60.7 Å². The molecule has 0 saturated heterocycles. The molecular weight excluding hydrogens is 381 g/mol. The van der Waals surface area contributed by atoms with E-state index in [1.54, 1.807) is 12.1 Å². The summed E-state index contributed by atoms with van der Waals surface area (Å²) >= 11 is 12.0. The van der Waals surface area contributed by atoms with E-state index >= 15 is 0 Å². The van der Waals surface area contributed by atoms with Gasteiger partial charge < -0.3 is 0 Å². The fraction of sp³-hybridized carbons (Fsp3) is 0.278. The Balaban J connectivity index is 1.95. The third kappa shape index (κ3) is 3.16. The van der Waals surface area contributed by atoms with E-state index in [-0.39, 0.29) is 4.90 Å². The summed E-state index contributed by atoms with van der Waals surface area (Å²) in [5.41, 5.74) is 0.844. The molecule has 1 aliphatic rings. The van der Waals surface area contributed by atoms with E-state index in [9.17, 15) is 13.2 Å². The highest BCUT2D eigenvalue weighted by atomic mass is 35.5. The zero-order valence-corrected chi connectivity index (χ0v) is 15.9. The molecule has 1 aliphatic carbocycles. The number of rotatable bonds is 4. The van der Waals surface area contributed by atoms with Gasteiger partial charge in [0.2, 0.25) is 5.91 Å². The quantitative estimate of drug-likeness (QED) is 0.844. The van der Waals surface area contributed by atoms with Gasteiger partial charge in [-0.3, -0.25) is 4.79 Å². The molecule has 0 aliphatic heterocycles. The van der Waals surface area contributed by atoms with Crippen LogP contribution in [0, 0.1) is 0 Å². The first-order chi connectivity index (χ1) is 11.8. The van der Waals surface area contributed by atoms with Gasteiger partial charge in [0.1, 0.15) is 0 Å². The molecule has 0 heterocycles. The van der Waals surface area contributed by atoms with Gasteiger partial charge in [-0.1, -0.05) is 42.3 Å². The van der Waals surface area contributed by atoms with Gasteiger partial charge >= 0.3 is 0 Å². The Morgan fingerprint density at radius 1 is 1.16 bits per heavy atom. The van der Waals surface area contributed by atoms with Crippen molar-refractivity contribution >= 4 is 39.1 Å². The standard InChI is InChI=1S/C18H17Cl2NO3S/c1-2-18(11-10-14-15(18)4-3-5-16(14)20)17(22)21-25(23,24)13-8-6-12(19)7-9-13/h3-9H,2,10-11H2,1H3,(H,21,22). The van der Waals surface area contributed by atoms with Crippen LogP contribution in [0.25, 0.3) is 0 Å². The van der Waals surface area contributed by atoms with Crippen molar-refractivity contribution in [3.63, 3.8) is 0 Å². The van der Waals surface area contributed by atoms with E-state index in [2.05, 4.69) is 4.72 Å². The zero-order chi connectivity index (χ0) is 18.2. The van der Waals surface area contributed by atoms with Crippen molar-refractivity contribution < 1.29 is 13.2 Å². The van der Waals surface area contributed by atoms with Crippen LogP contribution in [0.5, 0.6) is 0 Å². The molecule has 0 aromatic heterocycles. The number of carbonyl (C=O) groups is 1. The highest BCUT2D eigenvalue weighted by molar-refractivity contribution is 7.90. The summed E-state index contributed by atoms with van der Waals surface area (Å²) in [5.74, 6) is -0.522. The normalized spacial score (nSPS) is 19.5. The average molecular weight is 398 g/mol. The maximum atomic E-state index is 13.0. The molecule has 0 spiro atoms. The van der Waals surface area contributed by atoms with Gasteiger partial charge in [-0.25, -0.2) is 13.1 Å². The second-order valence-corrected chi connectivity index (χ2v) is 8.62. The van der Waals surface area contributed by atoms with Crippen molar-refractivity contribution in [1.82, 2.24) is 4.72 Å². The number of sulfonamides is 1. The third-order valence-electron chi connectivity index (χ3n) is 4.83. The lowest BCUT2D eigenvalue weighted by Gasteiger charge is -2.27. The van der Waals surface area contributed by atoms with Crippen LogP contribution in [0.15, 0.2) is 47.4 Å². The van der Waals surface area contributed by atoms with E-state index in [1.807, 2.05) is 13.0 Å². The van der Waals surface area contributed by atoms with E-state index in [0.717, 1.165) is 11.1 Å². The predicted octanol–water partition coefficient (Wildman–Crippen LogP) is 4.09. The Morgan fingerprint density at radius 2 is 1.84 bits per heavy atom. The van der Waals surface area contributed by atoms with Crippen molar-refractivity contribution in [2.75, 3.05) is 0 Å². The topological polar surface area (TPSA) is 63.2 Å². The molecule has 7 heteroatoms. The summed E-state index contributed by atoms with van der Waals surface area (Å²) in [6.45, 7) is 1.88. The molecule has 4 nitrogen and oxygen atoms in total. The maximum Gasteiger partial charge on any atom is 0.264 e. The van der Waals surface area contributed by atoms with Gasteiger partial charge in [0.15, 0.2) is 0 Å². The number of benzene rings is 2. The summed E-state index contributed by atoms with van der Waals surface area (Å²) in [6, 6.07) is 11.1. The number of halogens is 2. The van der Waals surface area contributed by atoms with Gasteiger partial charge in [-0.15, -0.1) is 0 Å². The van der Waals surface area contributed by atoms with Crippen LogP contribution in [0.3, 0.4) is 0 Å². The zero-order valence-electron chi connectivity index (χ0n) is 13.6. The van der Waals surface area contributed by atoms with Crippen molar-refractivity contribution in [2.24, 2.45) is 0 Å². The van der Waals surface area contributed by atoms with Gasteiger partial charge in [-0.2, -0.15) is 0 Å². The smallest absolute Gasteiger partial charge is 0.264 e. The van der Waals surface area contributed by atoms with Crippen LogP contribution >= 0.6 is 23.2 Å². The molecular formula is C18H17Cl2NO3S. The number of amides is 1. The minimum absolute atomic E-state index is 0.000757. The van der Waals surface area contributed by atoms with Gasteiger partial charge in [0.05, 0.1) is 10.3 Å². The molecule has 0 fully saturated rings. The summed E-state index contributed by atoms with van der Waals surface area (Å²) in [5, 5.41) is 1.04. The molecule has 25 heavy (non-hydrogen) atoms. The minimum Gasteiger partial charge on any atom is -0.273 e. The lowest BCUT2D eigenvalue weighted by Crippen LogP contribution is -2.45. The fourth-order valence-corrected chi connectivity index (χ4v) is 4.84. The minimum atomic E-state index is -3.97. The van der Waals surface area contributed by atoms with Crippen LogP contribution in [0.2, 0.25) is 10.0 Å². The lowest BCUT2D eigenvalue weighted by atomic mass is 9.79. The summed E-state index contributed by atoms with van der Waals surface area (Å²) in [6.07, 6.45) is 1.67. The predicted molar refractivity (Wildman–Crippen MR) is 98.5 cm³/mol. The molecule has 2 aromatic carbocycles. The number of hydrogen-bond donors (Lipinski definition) is 1. The largest absolute Gasteiger partial charge is 0.273 e. The third-order valence-corrected chi connectivity index (χ3v) is 6.78. The molecule has 132 valence electrons. The molecule has 2 aromatic rings. The Hall–Kier alpha value is -1.56. The SMILES string of the molecule is CCC1(C(=O)NS(=O)(=O)c2ccc(Cl)cc2)CCc2c(Cl)cccc21. The molecule has 1 atom stereocenters. The van der Waals surface area contributed by atoms with Crippen LogP contribution in [0.4, 0.5) is 0 Å². The van der Waals surface area contributed by atoms with Crippen LogP contribution in [0.1, 0.15) is 30.9 Å². The fourth-order valence-electron chi connectivity index (χ4n) is 3.39. The Labute approximate surface area is 157 Å². The van der Waals surface area contributed by atoms with Crippen molar-refractivity contribution in [3.8, 4) is 0 Å². The first kappa shape index (κ1) is 18.2. The number of carbonyl (C=O) groups excluding carboxylic acids is 1. The highest BCUT2D eigenvalue weighted by Gasteiger charge is 2.45. The number of hydrogen-bond acceptors (Lipinski definition) is 3. The van der Waals surface area contributed by atoms with Gasteiger partial charge in [0.25, 0.3) is 10.0 Å². The molecule has 3 rings (SSSR count). The van der Waals surface area contributed by atoms with E-state index in [0.29, 0.717) is 29.3 Å². The Bertz CT molecular complexity index is 926. The van der Waals surface area contributed by atoms with Crippen molar-refractivity contribution in [3.05, 3.63) is 63.6 Å². The summed E-state index contributed by atoms with van der Waals surface area (Å²) in [4.78, 5) is 13.0. The van der Waals surface area contributed by atoms with Crippen molar-refractivity contribution in [2.45, 2.75) is 36.5 Å². The molecule has 1 N–H and O–H groups in total. The van der Waals surface area contributed by atoms with Gasteiger partial charge in [0, 0.05) is 10.0 Å². The molecule has 1 amide bonds. The van der Waals surface area contributed by atoms with E-state index in [1.165, 1.54) is 24.3 Å². The molecule has 1 unspecified atom stereocenters. The highest BCUT2D eigenvalue weighted by Crippen LogP contribution is 2.44. The monoisotopic (exact) mass is 397 g/mol. The molecule has 0 bridgehead atoms. The number of nitrogens with one attached hydrogen (secondary N) is 1. The maximum absolute atomic E-state index is 13.0. The van der Waals surface area contributed by atoms with Crippen molar-refractivity contribution in [1.29, 1.82) is 0 Å². The number of fused-ring (bicyclic) bond motifs is 1. The Kier molecular flexibility index (Phi) is 4.84. The second kappa shape index (κ2) is 6.63. The van der Waals surface area contributed by atoms with E-state index < -0.39 is 21.3 Å². The van der Waals surface area contributed by atoms with Crippen LogP contribution in [-0.2, 0) is 26.7 Å². The first-order valence-corrected chi connectivity index (χ1v) is 10.1. The molecule has 0 saturated carbocycles. The van der Waals surface area contributed by atoms with Crippen LogP contribution < -0.4 is 4.72 Å². The second-order valence-electron chi connectivity index (χ2n) is 6.09. The first-order valence-electron chi connectivity index (χ1n) is 7.91.